The van der Waals surface area contributed by atoms with E-state index in [0.717, 1.165) is 22.2 Å². The van der Waals surface area contributed by atoms with Crippen LogP contribution in [0.3, 0.4) is 0 Å². The second-order valence-electron chi connectivity index (χ2n) is 6.25. The van der Waals surface area contributed by atoms with E-state index in [1.54, 1.807) is 12.1 Å². The van der Waals surface area contributed by atoms with Crippen LogP contribution in [-0.4, -0.2) is 10.9 Å². The number of aromatic nitrogens is 1. The highest BCUT2D eigenvalue weighted by Crippen LogP contribution is 2.26. The topological polar surface area (TPSA) is 44.9 Å². The highest BCUT2D eigenvalue weighted by Gasteiger charge is 2.08. The third-order valence-electron chi connectivity index (χ3n) is 4.41. The second kappa shape index (κ2) is 7.02. The number of hydrogen-bond acceptors (Lipinski definition) is 1. The monoisotopic (exact) mass is 382 g/mol. The van der Waals surface area contributed by atoms with E-state index in [1.165, 1.54) is 10.8 Å². The van der Waals surface area contributed by atoms with Crippen molar-refractivity contribution in [1.29, 1.82) is 0 Å². The molecule has 0 spiro atoms. The zero-order chi connectivity index (χ0) is 18.1. The average Bonchev–Trinajstić information content (AvgIpc) is 3.00. The van der Waals surface area contributed by atoms with Crippen LogP contribution in [0.25, 0.3) is 21.8 Å². The molecule has 0 saturated carbocycles. The van der Waals surface area contributed by atoms with E-state index < -0.39 is 0 Å². The Morgan fingerprint density at radius 1 is 0.846 bits per heavy atom. The molecule has 0 atom stereocenters. The molecule has 0 aliphatic carbocycles. The van der Waals surface area contributed by atoms with Crippen LogP contribution in [0.1, 0.15) is 11.1 Å². The quantitative estimate of drug-likeness (QED) is 0.481. The van der Waals surface area contributed by atoms with E-state index in [2.05, 4.69) is 28.5 Å². The molecule has 0 saturated heterocycles. The first-order chi connectivity index (χ1) is 12.6. The zero-order valence-corrected chi connectivity index (χ0v) is 15.4. The molecular formula is C21H16Cl2N2O. The first-order valence-corrected chi connectivity index (χ1v) is 9.06. The summed E-state index contributed by atoms with van der Waals surface area (Å²) in [6.07, 6.45) is 0.326. The van der Waals surface area contributed by atoms with E-state index in [0.29, 0.717) is 23.0 Å². The van der Waals surface area contributed by atoms with Crippen molar-refractivity contribution in [3.63, 3.8) is 0 Å². The molecule has 1 heterocycles. The van der Waals surface area contributed by atoms with Gasteiger partial charge in [0.25, 0.3) is 0 Å². The zero-order valence-electron chi connectivity index (χ0n) is 13.9. The summed E-state index contributed by atoms with van der Waals surface area (Å²) >= 11 is 11.9. The molecule has 0 bridgehead atoms. The summed E-state index contributed by atoms with van der Waals surface area (Å²) in [5, 5.41) is 6.27. The Hall–Kier alpha value is -2.49. The Balaban J connectivity index is 1.46. The van der Waals surface area contributed by atoms with Crippen molar-refractivity contribution in [1.82, 2.24) is 10.3 Å². The molecule has 4 rings (SSSR count). The molecule has 26 heavy (non-hydrogen) atoms. The van der Waals surface area contributed by atoms with Gasteiger partial charge in [0, 0.05) is 28.4 Å². The lowest BCUT2D eigenvalue weighted by molar-refractivity contribution is -0.120. The normalized spacial score (nSPS) is 11.2. The van der Waals surface area contributed by atoms with Crippen LogP contribution in [0.4, 0.5) is 0 Å². The maximum absolute atomic E-state index is 12.3. The van der Waals surface area contributed by atoms with Crippen LogP contribution in [-0.2, 0) is 17.8 Å². The largest absolute Gasteiger partial charge is 0.355 e. The summed E-state index contributed by atoms with van der Waals surface area (Å²) in [5.74, 6) is -0.0356. The lowest BCUT2D eigenvalue weighted by atomic mass is 10.1. The Morgan fingerprint density at radius 2 is 1.62 bits per heavy atom. The third-order valence-corrected chi connectivity index (χ3v) is 5.15. The van der Waals surface area contributed by atoms with E-state index in [-0.39, 0.29) is 5.91 Å². The molecule has 2 N–H and O–H groups in total. The first kappa shape index (κ1) is 17.0. The van der Waals surface area contributed by atoms with Crippen LogP contribution in [0.2, 0.25) is 10.0 Å². The minimum atomic E-state index is -0.0356. The van der Waals surface area contributed by atoms with Crippen molar-refractivity contribution in [2.75, 3.05) is 0 Å². The summed E-state index contributed by atoms with van der Waals surface area (Å²) in [5.41, 5.74) is 4.03. The Labute approximate surface area is 160 Å². The molecule has 5 heteroatoms. The fourth-order valence-electron chi connectivity index (χ4n) is 3.11. The molecule has 0 aliphatic heterocycles. The number of nitrogens with one attached hydrogen (secondary N) is 2. The van der Waals surface area contributed by atoms with E-state index in [1.807, 2.05) is 30.3 Å². The lowest BCUT2D eigenvalue weighted by Gasteiger charge is -2.07. The van der Waals surface area contributed by atoms with Gasteiger partial charge in [-0.15, -0.1) is 0 Å². The number of para-hydroxylation sites is 1. The average molecular weight is 383 g/mol. The van der Waals surface area contributed by atoms with E-state index in [9.17, 15) is 4.79 Å². The van der Waals surface area contributed by atoms with Gasteiger partial charge in [0.15, 0.2) is 0 Å². The number of halogens is 2. The summed E-state index contributed by atoms with van der Waals surface area (Å²) < 4.78 is 0. The van der Waals surface area contributed by atoms with Crippen LogP contribution < -0.4 is 5.32 Å². The third kappa shape index (κ3) is 3.41. The number of amides is 1. The van der Waals surface area contributed by atoms with E-state index in [4.69, 9.17) is 23.2 Å². The minimum Gasteiger partial charge on any atom is -0.355 e. The number of rotatable bonds is 4. The lowest BCUT2D eigenvalue weighted by Crippen LogP contribution is -2.24. The van der Waals surface area contributed by atoms with Crippen molar-refractivity contribution in [3.8, 4) is 0 Å². The number of hydrogen-bond donors (Lipinski definition) is 2. The molecule has 130 valence electrons. The van der Waals surface area contributed by atoms with Gasteiger partial charge in [-0.2, -0.15) is 0 Å². The van der Waals surface area contributed by atoms with Crippen molar-refractivity contribution >= 4 is 50.9 Å². The highest BCUT2D eigenvalue weighted by molar-refractivity contribution is 6.42. The SMILES string of the molecule is O=C(Cc1ccc2c(c1)[nH]c1ccccc12)NCc1ccc(Cl)c(Cl)c1. The van der Waals surface area contributed by atoms with Gasteiger partial charge in [-0.05, 0) is 35.4 Å². The second-order valence-corrected chi connectivity index (χ2v) is 7.07. The van der Waals surface area contributed by atoms with Gasteiger partial charge in [-0.25, -0.2) is 0 Å². The molecule has 0 unspecified atom stereocenters. The first-order valence-electron chi connectivity index (χ1n) is 8.30. The summed E-state index contributed by atoms with van der Waals surface area (Å²) in [4.78, 5) is 15.7. The molecular weight excluding hydrogens is 367 g/mol. The molecule has 1 aromatic heterocycles. The molecule has 1 amide bonds. The van der Waals surface area contributed by atoms with Gasteiger partial charge < -0.3 is 10.3 Å². The fourth-order valence-corrected chi connectivity index (χ4v) is 3.43. The summed E-state index contributed by atoms with van der Waals surface area (Å²) in [6, 6.07) is 19.6. The molecule has 3 aromatic carbocycles. The van der Waals surface area contributed by atoms with Crippen LogP contribution in [0.5, 0.6) is 0 Å². The highest BCUT2D eigenvalue weighted by atomic mass is 35.5. The predicted octanol–water partition coefficient (Wildman–Crippen LogP) is 5.49. The van der Waals surface area contributed by atoms with Gasteiger partial charge in [-0.1, -0.05) is 59.6 Å². The van der Waals surface area contributed by atoms with E-state index >= 15 is 0 Å². The van der Waals surface area contributed by atoms with Gasteiger partial charge >= 0.3 is 0 Å². The number of fused-ring (bicyclic) bond motifs is 3. The number of benzene rings is 3. The maximum Gasteiger partial charge on any atom is 0.224 e. The van der Waals surface area contributed by atoms with Crippen molar-refractivity contribution in [2.24, 2.45) is 0 Å². The molecule has 4 aromatic rings. The Kier molecular flexibility index (Phi) is 4.58. The summed E-state index contributed by atoms with van der Waals surface area (Å²) in [7, 11) is 0. The van der Waals surface area contributed by atoms with Gasteiger partial charge in [0.2, 0.25) is 5.91 Å². The standard InChI is InChI=1S/C21H16Cl2N2O/c22-17-8-6-14(9-18(17)23)12-24-21(26)11-13-5-7-16-15-3-1-2-4-19(15)25-20(16)10-13/h1-10,25H,11-12H2,(H,24,26). The van der Waals surface area contributed by atoms with Gasteiger partial charge in [0.05, 0.1) is 16.5 Å². The van der Waals surface area contributed by atoms with Crippen molar-refractivity contribution < 1.29 is 4.79 Å². The molecule has 0 aliphatic rings. The Bertz CT molecular complexity index is 1120. The Morgan fingerprint density at radius 3 is 2.46 bits per heavy atom. The van der Waals surface area contributed by atoms with Crippen LogP contribution in [0, 0.1) is 0 Å². The molecule has 0 fully saturated rings. The van der Waals surface area contributed by atoms with Crippen molar-refractivity contribution in [3.05, 3.63) is 81.8 Å². The molecule has 0 radical (unpaired) electrons. The predicted molar refractivity (Wildman–Crippen MR) is 108 cm³/mol. The number of carbonyl (C=O) groups is 1. The number of carbonyl (C=O) groups excluding carboxylic acids is 1. The van der Waals surface area contributed by atoms with Crippen molar-refractivity contribution in [2.45, 2.75) is 13.0 Å². The fraction of sp³-hybridized carbons (Fsp3) is 0.0952. The van der Waals surface area contributed by atoms with Gasteiger partial charge in [-0.3, -0.25) is 4.79 Å². The van der Waals surface area contributed by atoms with Crippen LogP contribution in [0.15, 0.2) is 60.7 Å². The number of H-pyrrole nitrogens is 1. The minimum absolute atomic E-state index is 0.0356. The smallest absolute Gasteiger partial charge is 0.224 e. The van der Waals surface area contributed by atoms with Crippen LogP contribution >= 0.6 is 23.2 Å². The maximum atomic E-state index is 12.3. The molecule has 3 nitrogen and oxygen atoms in total. The summed E-state index contributed by atoms with van der Waals surface area (Å²) in [6.45, 7) is 0.421. The van der Waals surface area contributed by atoms with Gasteiger partial charge in [0.1, 0.15) is 0 Å². The number of aromatic amines is 1.